The van der Waals surface area contributed by atoms with Gasteiger partial charge in [-0.3, -0.25) is 4.72 Å². The number of halogens is 1. The van der Waals surface area contributed by atoms with Gasteiger partial charge in [0, 0.05) is 10.2 Å². The van der Waals surface area contributed by atoms with Gasteiger partial charge in [-0.25, -0.2) is 8.42 Å². The van der Waals surface area contributed by atoms with Gasteiger partial charge in [0.25, 0.3) is 10.0 Å². The third-order valence-corrected chi connectivity index (χ3v) is 4.94. The largest absolute Gasteiger partial charge is 0.398 e. The number of aryl methyl sites for hydroxylation is 1. The fraction of sp³-hybridized carbons (Fsp3) is 0.0714. The van der Waals surface area contributed by atoms with E-state index in [1.807, 2.05) is 6.07 Å². The van der Waals surface area contributed by atoms with E-state index in [1.54, 1.807) is 19.1 Å². The highest BCUT2D eigenvalue weighted by atomic mass is 79.9. The summed E-state index contributed by atoms with van der Waals surface area (Å²) in [5, 5.41) is 8.89. The smallest absolute Gasteiger partial charge is 0.261 e. The molecule has 0 aliphatic rings. The molecule has 5 nitrogen and oxygen atoms in total. The number of benzene rings is 2. The second-order valence-corrected chi connectivity index (χ2v) is 6.97. The average molecular weight is 366 g/mol. The molecular formula is C14H12BrN3O2S. The van der Waals surface area contributed by atoms with Crippen LogP contribution in [0.5, 0.6) is 0 Å². The van der Waals surface area contributed by atoms with Crippen LogP contribution >= 0.6 is 15.9 Å². The standard InChI is InChI=1S/C14H12BrN3O2S/c1-9-2-3-10(8-16)6-14(9)18-21(19,20)11-4-5-13(17)12(15)7-11/h2-7,18H,17H2,1H3. The lowest BCUT2D eigenvalue weighted by Crippen LogP contribution is -2.14. The third-order valence-electron chi connectivity index (χ3n) is 2.89. The molecule has 0 saturated heterocycles. The van der Waals surface area contributed by atoms with Crippen molar-refractivity contribution in [3.63, 3.8) is 0 Å². The molecule has 0 radical (unpaired) electrons. The minimum absolute atomic E-state index is 0.0883. The second-order valence-electron chi connectivity index (χ2n) is 4.43. The number of rotatable bonds is 3. The zero-order valence-electron chi connectivity index (χ0n) is 11.1. The van der Waals surface area contributed by atoms with E-state index >= 15 is 0 Å². The molecule has 2 aromatic rings. The van der Waals surface area contributed by atoms with E-state index in [4.69, 9.17) is 11.0 Å². The first-order valence-electron chi connectivity index (χ1n) is 5.92. The van der Waals surface area contributed by atoms with Crippen molar-refractivity contribution in [2.24, 2.45) is 0 Å². The predicted molar refractivity (Wildman–Crippen MR) is 85.3 cm³/mol. The Kier molecular flexibility index (Phi) is 4.21. The summed E-state index contributed by atoms with van der Waals surface area (Å²) in [7, 11) is -3.75. The Hall–Kier alpha value is -2.04. The normalized spacial score (nSPS) is 10.9. The maximum Gasteiger partial charge on any atom is 0.261 e. The number of nitrogens with two attached hydrogens (primary N) is 1. The summed E-state index contributed by atoms with van der Waals surface area (Å²) in [5.74, 6) is 0. The Balaban J connectivity index is 2.42. The first-order chi connectivity index (χ1) is 9.83. The minimum Gasteiger partial charge on any atom is -0.398 e. The highest BCUT2D eigenvalue weighted by Gasteiger charge is 2.16. The van der Waals surface area contributed by atoms with Gasteiger partial charge in [0.1, 0.15) is 0 Å². The first kappa shape index (κ1) is 15.4. The molecule has 0 amide bonds. The predicted octanol–water partition coefficient (Wildman–Crippen LogP) is 3.01. The number of hydrogen-bond donors (Lipinski definition) is 2. The van der Waals surface area contributed by atoms with Crippen molar-refractivity contribution >= 4 is 37.3 Å². The van der Waals surface area contributed by atoms with Crippen LogP contribution in [0.1, 0.15) is 11.1 Å². The molecule has 2 rings (SSSR count). The number of nitrogens with zero attached hydrogens (tertiary/aromatic N) is 1. The van der Waals surface area contributed by atoms with Gasteiger partial charge in [0.15, 0.2) is 0 Å². The van der Waals surface area contributed by atoms with Crippen molar-refractivity contribution in [3.05, 3.63) is 52.0 Å². The first-order valence-corrected chi connectivity index (χ1v) is 8.20. The molecule has 0 spiro atoms. The van der Waals surface area contributed by atoms with E-state index < -0.39 is 10.0 Å². The average Bonchev–Trinajstić information content (AvgIpc) is 2.44. The summed E-state index contributed by atoms with van der Waals surface area (Å²) in [6, 6.07) is 11.2. The molecule has 0 aliphatic carbocycles. The molecule has 7 heteroatoms. The van der Waals surface area contributed by atoms with Gasteiger partial charge in [-0.05, 0) is 58.7 Å². The lowest BCUT2D eigenvalue weighted by atomic mass is 10.1. The Morgan fingerprint density at radius 1 is 1.24 bits per heavy atom. The SMILES string of the molecule is Cc1ccc(C#N)cc1NS(=O)(=O)c1ccc(N)c(Br)c1. The van der Waals surface area contributed by atoms with Crippen LogP contribution in [0.25, 0.3) is 0 Å². The van der Waals surface area contributed by atoms with Crippen LogP contribution < -0.4 is 10.5 Å². The lowest BCUT2D eigenvalue weighted by molar-refractivity contribution is 0.601. The van der Waals surface area contributed by atoms with Gasteiger partial charge in [-0.15, -0.1) is 0 Å². The highest BCUT2D eigenvalue weighted by molar-refractivity contribution is 9.10. The topological polar surface area (TPSA) is 96.0 Å². The molecule has 108 valence electrons. The third kappa shape index (κ3) is 3.35. The van der Waals surface area contributed by atoms with Crippen LogP contribution in [-0.4, -0.2) is 8.42 Å². The van der Waals surface area contributed by atoms with Crippen molar-refractivity contribution in [1.29, 1.82) is 5.26 Å². The molecule has 21 heavy (non-hydrogen) atoms. The van der Waals surface area contributed by atoms with E-state index in [0.29, 0.717) is 21.4 Å². The fourth-order valence-electron chi connectivity index (χ4n) is 1.68. The lowest BCUT2D eigenvalue weighted by Gasteiger charge is -2.11. The van der Waals surface area contributed by atoms with E-state index in [9.17, 15) is 8.42 Å². The van der Waals surface area contributed by atoms with E-state index in [2.05, 4.69) is 20.7 Å². The summed E-state index contributed by atoms with van der Waals surface area (Å²) >= 11 is 3.20. The maximum absolute atomic E-state index is 12.4. The number of nitrogen functional groups attached to an aromatic ring is 1. The Morgan fingerprint density at radius 3 is 2.57 bits per heavy atom. The molecule has 2 aromatic carbocycles. The highest BCUT2D eigenvalue weighted by Crippen LogP contribution is 2.25. The zero-order valence-corrected chi connectivity index (χ0v) is 13.5. The molecule has 0 unspecified atom stereocenters. The maximum atomic E-state index is 12.4. The summed E-state index contributed by atoms with van der Waals surface area (Å²) in [6.07, 6.45) is 0. The molecule has 0 heterocycles. The van der Waals surface area contributed by atoms with Crippen LogP contribution in [0.3, 0.4) is 0 Å². The summed E-state index contributed by atoms with van der Waals surface area (Å²) in [5.41, 5.74) is 7.60. The quantitative estimate of drug-likeness (QED) is 0.817. The number of anilines is 2. The fourth-order valence-corrected chi connectivity index (χ4v) is 3.36. The van der Waals surface area contributed by atoms with Crippen LogP contribution in [-0.2, 0) is 10.0 Å². The van der Waals surface area contributed by atoms with Crippen molar-refractivity contribution in [1.82, 2.24) is 0 Å². The Morgan fingerprint density at radius 2 is 1.95 bits per heavy atom. The summed E-state index contributed by atoms with van der Waals surface area (Å²) in [4.78, 5) is 0.0883. The molecule has 0 aliphatic heterocycles. The monoisotopic (exact) mass is 365 g/mol. The second kappa shape index (κ2) is 5.76. The molecule has 0 saturated carbocycles. The number of sulfonamides is 1. The van der Waals surface area contributed by atoms with Crippen molar-refractivity contribution in [2.75, 3.05) is 10.5 Å². The number of nitriles is 1. The molecule has 0 bridgehead atoms. The molecular weight excluding hydrogens is 354 g/mol. The Labute approximate surface area is 131 Å². The van der Waals surface area contributed by atoms with Crippen molar-refractivity contribution in [3.8, 4) is 6.07 Å². The minimum atomic E-state index is -3.75. The van der Waals surface area contributed by atoms with Gasteiger partial charge >= 0.3 is 0 Å². The molecule has 0 fully saturated rings. The Bertz CT molecular complexity index is 842. The molecule has 0 atom stereocenters. The van der Waals surface area contributed by atoms with Gasteiger partial charge in [-0.1, -0.05) is 6.07 Å². The number of hydrogen-bond acceptors (Lipinski definition) is 4. The number of nitrogens with one attached hydrogen (secondary N) is 1. The van der Waals surface area contributed by atoms with Crippen molar-refractivity contribution < 1.29 is 8.42 Å². The van der Waals surface area contributed by atoms with Gasteiger partial charge in [-0.2, -0.15) is 5.26 Å². The summed E-state index contributed by atoms with van der Waals surface area (Å²) in [6.45, 7) is 1.76. The molecule has 0 aromatic heterocycles. The zero-order chi connectivity index (χ0) is 15.6. The van der Waals surface area contributed by atoms with Crippen LogP contribution in [0.2, 0.25) is 0 Å². The van der Waals surface area contributed by atoms with Crippen molar-refractivity contribution in [2.45, 2.75) is 11.8 Å². The van der Waals surface area contributed by atoms with E-state index in [1.165, 1.54) is 24.3 Å². The van der Waals surface area contributed by atoms with E-state index in [-0.39, 0.29) is 4.90 Å². The van der Waals surface area contributed by atoms with Crippen LogP contribution in [0, 0.1) is 18.3 Å². The van der Waals surface area contributed by atoms with Gasteiger partial charge in [0.05, 0.1) is 22.2 Å². The summed E-state index contributed by atoms with van der Waals surface area (Å²) < 4.78 is 27.7. The van der Waals surface area contributed by atoms with Gasteiger partial charge in [0.2, 0.25) is 0 Å². The van der Waals surface area contributed by atoms with E-state index in [0.717, 1.165) is 5.56 Å². The van der Waals surface area contributed by atoms with Crippen LogP contribution in [0.15, 0.2) is 45.8 Å². The van der Waals surface area contributed by atoms with Crippen LogP contribution in [0.4, 0.5) is 11.4 Å². The molecule has 3 N–H and O–H groups in total. The van der Waals surface area contributed by atoms with Gasteiger partial charge < -0.3 is 5.73 Å².